The van der Waals surface area contributed by atoms with Crippen molar-refractivity contribution in [1.29, 1.82) is 0 Å². The van der Waals surface area contributed by atoms with E-state index in [9.17, 15) is 5.48 Å². The minimum atomic E-state index is -2.84. The van der Waals surface area contributed by atoms with E-state index in [1.807, 2.05) is 83.9 Å². The van der Waals surface area contributed by atoms with E-state index in [1.54, 1.807) is 71.9 Å². The molecule has 11 aromatic rings. The molecule has 1 aromatic heterocycles. The molecule has 0 saturated heterocycles. The van der Waals surface area contributed by atoms with Crippen LogP contribution in [0.15, 0.2) is 236 Å². The van der Waals surface area contributed by atoms with Gasteiger partial charge in [0.1, 0.15) is 5.82 Å². The summed E-state index contributed by atoms with van der Waals surface area (Å²) >= 11 is 0. The molecule has 3 heterocycles. The van der Waals surface area contributed by atoms with Crippen LogP contribution in [0.4, 0.5) is 57.0 Å². The number of aromatic nitrogens is 1. The van der Waals surface area contributed by atoms with Crippen molar-refractivity contribution in [3.8, 4) is 55.6 Å². The van der Waals surface area contributed by atoms with Gasteiger partial charge in [0.05, 0.1) is 19.4 Å². The van der Waals surface area contributed by atoms with Crippen LogP contribution in [0.2, 0.25) is 0 Å². The molecule has 0 bridgehead atoms. The van der Waals surface area contributed by atoms with Gasteiger partial charge in [-0.05, 0) is 125 Å². The number of fused-ring (bicyclic) bond motifs is 6. The molecular weight excluding hydrogens is 1140 g/mol. The van der Waals surface area contributed by atoms with E-state index < -0.39 is 74.1 Å². The number of rotatable bonds is 9. The number of hydrogen-bond donors (Lipinski definition) is 0. The van der Waals surface area contributed by atoms with Crippen LogP contribution < -0.4 is 19.6 Å². The maximum atomic E-state index is 9.36. The fourth-order valence-electron chi connectivity index (χ4n) is 10.7. The molecule has 5 nitrogen and oxygen atoms in total. The van der Waals surface area contributed by atoms with Gasteiger partial charge >= 0.3 is 0 Å². The van der Waals surface area contributed by atoms with E-state index in [4.69, 9.17) is 21.4 Å². The van der Waals surface area contributed by atoms with Gasteiger partial charge in [-0.1, -0.05) is 195 Å². The van der Waals surface area contributed by atoms with Crippen molar-refractivity contribution in [2.75, 3.05) is 19.6 Å². The normalized spacial score (nSPS) is 15.7. The van der Waals surface area contributed by atoms with Crippen LogP contribution in [-0.4, -0.2) is 4.98 Å². The van der Waals surface area contributed by atoms with Crippen LogP contribution in [0.25, 0.3) is 55.6 Å². The van der Waals surface area contributed by atoms with Gasteiger partial charge in [-0.25, -0.2) is 4.98 Å². The summed E-state index contributed by atoms with van der Waals surface area (Å²) in [7, 11) is 0. The summed E-state index contributed by atoms with van der Waals surface area (Å²) in [6.45, 7) is 4.08. The summed E-state index contributed by atoms with van der Waals surface area (Å²) in [4.78, 5) is 12.5. The second kappa shape index (κ2) is 20.9. The summed E-state index contributed by atoms with van der Waals surface area (Å²) in [5, 5.41) is 0. The van der Waals surface area contributed by atoms with Crippen molar-refractivity contribution in [2.45, 2.75) is 46.8 Å². The van der Waals surface area contributed by atoms with E-state index in [-0.39, 0.29) is 82.4 Å². The summed E-state index contributed by atoms with van der Waals surface area (Å²) in [5.41, 5.74) is 8.29. The Bertz CT molecular complexity index is 4730. The Morgan fingerprint density at radius 3 is 1.77 bits per heavy atom. The minimum Gasteiger partial charge on any atom is -0.493 e. The molecule has 0 aliphatic carbocycles. The first-order chi connectivity index (χ1) is 44.6. The molecule has 0 amide bonds. The predicted molar refractivity (Wildman–Crippen MR) is 326 cm³/mol. The molecule has 0 N–H and O–H groups in total. The van der Waals surface area contributed by atoms with Crippen molar-refractivity contribution in [2.24, 2.45) is 0 Å². The number of hydrogen-bond acceptors (Lipinski definition) is 5. The smallest absolute Gasteiger partial charge is 0.135 e. The number of para-hydroxylation sites is 4. The molecule has 10 aromatic carbocycles. The third-order valence-electron chi connectivity index (χ3n) is 14.2. The van der Waals surface area contributed by atoms with E-state index in [0.717, 1.165) is 33.5 Å². The van der Waals surface area contributed by atoms with Gasteiger partial charge in [0.2, 0.25) is 0 Å². The van der Waals surface area contributed by atoms with Gasteiger partial charge in [-0.2, -0.15) is 6.07 Å². The first-order valence-electron chi connectivity index (χ1n) is 33.5. The Kier molecular flexibility index (Phi) is 9.42. The molecule has 0 atom stereocenters. The Morgan fingerprint density at radius 2 is 1.13 bits per heavy atom. The van der Waals surface area contributed by atoms with Gasteiger partial charge in [-0.3, -0.25) is 0 Å². The predicted octanol–water partition coefficient (Wildman–Crippen LogP) is 19.9. The second-order valence-electron chi connectivity index (χ2n) is 20.2. The zero-order chi connectivity index (χ0) is 66.8. The second-order valence-corrected chi connectivity index (χ2v) is 20.2. The van der Waals surface area contributed by atoms with Crippen molar-refractivity contribution in [3.05, 3.63) is 278 Å². The van der Waals surface area contributed by atoms with Gasteiger partial charge in [-0.15, -0.1) is 53.8 Å². The molecule has 0 fully saturated rings. The van der Waals surface area contributed by atoms with Crippen LogP contribution in [-0.2, 0) is 26.5 Å². The standard InChI is InChI=1S/C73H58N5.Pt/c1-49-41-64(52-25-10-7-11-26-52)72(65(42-49)53-27-12-8-13-28-53)76-48-75(67-35-20-21-36-68(67)76)58-43-54(71-50(2)23-22-24-51(71)3)44-59(46-58)77(56-29-14-9-15-30-56)57-37-38-63-61-32-17-16-31-60(61)62-33-18-19-34-66(62)78(69(63)47-57)70-45-55(39-40-74-70)73(4,5)6;/h7-45,48H,1-6H3;/q-3;/i2D3,3D3,7D,8D,10D,11D,12D,13D,25D,26D,27D,28D;. The van der Waals surface area contributed by atoms with E-state index in [0.29, 0.717) is 45.5 Å². The van der Waals surface area contributed by atoms with E-state index in [1.165, 1.54) is 18.2 Å². The van der Waals surface area contributed by atoms with Crippen LogP contribution in [0.3, 0.4) is 0 Å². The summed E-state index contributed by atoms with van der Waals surface area (Å²) in [5.74, 6) is 0.633. The third kappa shape index (κ3) is 9.32. The Morgan fingerprint density at radius 1 is 0.532 bits per heavy atom. The van der Waals surface area contributed by atoms with Gasteiger partial charge < -0.3 is 19.6 Å². The Labute approximate surface area is 502 Å². The van der Waals surface area contributed by atoms with Crippen molar-refractivity contribution >= 4 is 57.0 Å². The first-order valence-corrected chi connectivity index (χ1v) is 25.5. The molecule has 2 aliphatic rings. The van der Waals surface area contributed by atoms with Crippen LogP contribution in [0.1, 0.15) is 65.0 Å². The van der Waals surface area contributed by atoms with Crippen LogP contribution >= 0.6 is 0 Å². The number of nitrogens with zero attached hydrogens (tertiary/aromatic N) is 5. The molecule has 0 radical (unpaired) electrons. The molecule has 388 valence electrons. The van der Waals surface area contributed by atoms with Gasteiger partial charge in [0.25, 0.3) is 0 Å². The Hall–Kier alpha value is -8.76. The molecule has 6 heteroatoms. The van der Waals surface area contributed by atoms with Crippen LogP contribution in [0, 0.1) is 39.4 Å². The van der Waals surface area contributed by atoms with Gasteiger partial charge in [0.15, 0.2) is 0 Å². The fraction of sp³-hybridized carbons (Fsp3) is 0.0959. The number of pyridine rings is 1. The Balaban J connectivity index is 0.00000864. The van der Waals surface area contributed by atoms with Crippen molar-refractivity contribution in [1.82, 2.24) is 4.98 Å². The minimum absolute atomic E-state index is 0. The number of benzene rings is 10. The molecule has 0 spiro atoms. The fourth-order valence-corrected chi connectivity index (χ4v) is 10.7. The van der Waals surface area contributed by atoms with Crippen LogP contribution in [0.5, 0.6) is 0 Å². The topological polar surface area (TPSA) is 25.9 Å². The average molecular weight is 1220 g/mol. The molecule has 2 aliphatic heterocycles. The average Bonchev–Trinajstić information content (AvgIpc) is 1.66. The van der Waals surface area contributed by atoms with E-state index >= 15 is 0 Å². The zero-order valence-corrected chi connectivity index (χ0v) is 45.6. The maximum Gasteiger partial charge on any atom is 0.135 e. The maximum absolute atomic E-state index is 9.36. The molecule has 0 unspecified atom stereocenters. The third-order valence-corrected chi connectivity index (χ3v) is 14.2. The largest absolute Gasteiger partial charge is 0.493 e. The molecule has 0 saturated carbocycles. The summed E-state index contributed by atoms with van der Waals surface area (Å²) in [6.07, 6.45) is 1.81. The van der Waals surface area contributed by atoms with E-state index in [2.05, 4.69) is 68.1 Å². The quantitative estimate of drug-likeness (QED) is 0.134. The zero-order valence-electron chi connectivity index (χ0n) is 59.4. The number of anilines is 10. The van der Waals surface area contributed by atoms with Crippen molar-refractivity contribution < 1.29 is 43.0 Å². The number of aryl methyl sites for hydroxylation is 3. The summed E-state index contributed by atoms with van der Waals surface area (Å²) in [6, 6.07) is 53.3. The SMILES string of the molecule is [2H]c1c([2H])c([2H])c(-c2cc(C)cc(-c3c([2H])c([2H])c([2H])c([2H])c3[2H])c2N2[CH-]N(c3[c-]c(N(c4[c-]c5c(cc4)-c4ccccc4-c4ccccc4N5c4cc(C(C)(C)C)ccn4)c4ccccc4)cc(-c4c(C([2H])([2H])[2H])cccc4C([2H])([2H])[2H])c3)c3ccccc32)c([2H])c1[2H].[Pt]. The first kappa shape index (κ1) is 35.6. The van der Waals surface area contributed by atoms with Gasteiger partial charge in [0, 0.05) is 74.9 Å². The molecule has 13 rings (SSSR count). The monoisotopic (exact) mass is 1220 g/mol. The molecule has 79 heavy (non-hydrogen) atoms. The van der Waals surface area contributed by atoms with Crippen molar-refractivity contribution in [3.63, 3.8) is 0 Å². The molecular formula is C73H58N5Pt-3. The summed E-state index contributed by atoms with van der Waals surface area (Å²) < 4.78 is 144.